The molecule has 1 amide bonds. The highest BCUT2D eigenvalue weighted by molar-refractivity contribution is 5.85. The number of carbonyl (C=O) groups excluding carboxylic acids is 1. The summed E-state index contributed by atoms with van der Waals surface area (Å²) in [5.74, 6) is 0.735. The summed E-state index contributed by atoms with van der Waals surface area (Å²) in [5.41, 5.74) is 0. The Morgan fingerprint density at radius 1 is 1.25 bits per heavy atom. The minimum Gasteiger partial charge on any atom is -0.339 e. The summed E-state index contributed by atoms with van der Waals surface area (Å²) < 4.78 is 0. The van der Waals surface area contributed by atoms with Crippen molar-refractivity contribution in [2.45, 2.75) is 45.1 Å². The molecule has 0 unspecified atom stereocenters. The van der Waals surface area contributed by atoms with Crippen LogP contribution in [0.4, 0.5) is 0 Å². The molecule has 0 aromatic carbocycles. The molecule has 1 saturated carbocycles. The minimum atomic E-state index is 0. The molecule has 0 aromatic rings. The number of halogens is 1. The Kier molecular flexibility index (Phi) is 5.56. The van der Waals surface area contributed by atoms with Gasteiger partial charge >= 0.3 is 0 Å². The van der Waals surface area contributed by atoms with E-state index in [1.165, 1.54) is 12.8 Å². The van der Waals surface area contributed by atoms with E-state index in [1.54, 1.807) is 0 Å². The van der Waals surface area contributed by atoms with E-state index in [-0.39, 0.29) is 12.4 Å². The van der Waals surface area contributed by atoms with Crippen LogP contribution in [0.1, 0.15) is 39.0 Å². The lowest BCUT2D eigenvalue weighted by Crippen LogP contribution is -2.42. The molecule has 0 aromatic heterocycles. The van der Waals surface area contributed by atoms with E-state index in [2.05, 4.69) is 17.1 Å². The molecule has 2 fully saturated rings. The Bertz CT molecular complexity index is 225. The summed E-state index contributed by atoms with van der Waals surface area (Å²) in [6.07, 6.45) is 5.62. The van der Waals surface area contributed by atoms with Crippen LogP contribution >= 0.6 is 12.4 Å². The number of nitrogens with zero attached hydrogens (tertiary/aromatic N) is 1. The van der Waals surface area contributed by atoms with E-state index in [0.29, 0.717) is 17.9 Å². The number of amides is 1. The average molecular weight is 247 g/mol. The first kappa shape index (κ1) is 13.8. The molecule has 0 spiro atoms. The van der Waals surface area contributed by atoms with Crippen LogP contribution in [0.25, 0.3) is 0 Å². The second-order valence-corrected chi connectivity index (χ2v) is 4.79. The van der Waals surface area contributed by atoms with Gasteiger partial charge < -0.3 is 10.2 Å². The van der Waals surface area contributed by atoms with Crippen molar-refractivity contribution in [2.75, 3.05) is 19.6 Å². The fraction of sp³-hybridized carbons (Fsp3) is 0.917. The number of hydrogen-bond donors (Lipinski definition) is 1. The van der Waals surface area contributed by atoms with E-state index in [1.807, 2.05) is 0 Å². The average Bonchev–Trinajstić information content (AvgIpc) is 3.10. The highest BCUT2D eigenvalue weighted by atomic mass is 35.5. The highest BCUT2D eigenvalue weighted by Crippen LogP contribution is 2.29. The molecule has 1 aliphatic carbocycles. The number of hydrogen-bond acceptors (Lipinski definition) is 2. The quantitative estimate of drug-likeness (QED) is 0.821. The lowest BCUT2D eigenvalue weighted by atomic mass is 9.96. The summed E-state index contributed by atoms with van der Waals surface area (Å²) in [4.78, 5) is 14.4. The lowest BCUT2D eigenvalue weighted by Gasteiger charge is -2.29. The summed E-state index contributed by atoms with van der Waals surface area (Å²) >= 11 is 0. The smallest absolute Gasteiger partial charge is 0.226 e. The Hall–Kier alpha value is -0.280. The Balaban J connectivity index is 0.00000128. The van der Waals surface area contributed by atoms with E-state index in [0.717, 1.165) is 38.9 Å². The van der Waals surface area contributed by atoms with Gasteiger partial charge in [0.05, 0.1) is 0 Å². The third-order valence-corrected chi connectivity index (χ3v) is 3.42. The Morgan fingerprint density at radius 3 is 2.38 bits per heavy atom. The first-order chi connectivity index (χ1) is 7.33. The Labute approximate surface area is 104 Å². The van der Waals surface area contributed by atoms with Crippen LogP contribution in [0.15, 0.2) is 0 Å². The molecule has 1 saturated heterocycles. The maximum atomic E-state index is 12.3. The van der Waals surface area contributed by atoms with Crippen LogP contribution in [0.5, 0.6) is 0 Å². The minimum absolute atomic E-state index is 0. The van der Waals surface area contributed by atoms with Gasteiger partial charge in [-0.3, -0.25) is 4.79 Å². The van der Waals surface area contributed by atoms with Crippen LogP contribution in [0.3, 0.4) is 0 Å². The highest BCUT2D eigenvalue weighted by Gasteiger charge is 2.35. The van der Waals surface area contributed by atoms with E-state index < -0.39 is 0 Å². The van der Waals surface area contributed by atoms with Gasteiger partial charge in [-0.2, -0.15) is 0 Å². The molecule has 16 heavy (non-hydrogen) atoms. The molecule has 4 heteroatoms. The largest absolute Gasteiger partial charge is 0.339 e. The maximum absolute atomic E-state index is 12.3. The van der Waals surface area contributed by atoms with Gasteiger partial charge in [0.15, 0.2) is 0 Å². The molecule has 1 heterocycles. The first-order valence-electron chi connectivity index (χ1n) is 6.34. The molecule has 94 valence electrons. The van der Waals surface area contributed by atoms with E-state index in [4.69, 9.17) is 0 Å². The third-order valence-electron chi connectivity index (χ3n) is 3.42. The molecule has 0 bridgehead atoms. The van der Waals surface area contributed by atoms with Crippen molar-refractivity contribution in [3.8, 4) is 0 Å². The standard InChI is InChI=1S/C12H22N2O.ClH/c1-2-9-14(11-3-4-11)12(15)10-5-7-13-8-6-10;/h10-11,13H,2-9H2,1H3;1H. The Morgan fingerprint density at radius 2 is 1.88 bits per heavy atom. The molecule has 3 nitrogen and oxygen atoms in total. The van der Waals surface area contributed by atoms with Crippen LogP contribution in [-0.4, -0.2) is 36.5 Å². The second kappa shape index (κ2) is 6.45. The zero-order chi connectivity index (χ0) is 10.7. The van der Waals surface area contributed by atoms with Gasteiger partial charge in [-0.15, -0.1) is 12.4 Å². The summed E-state index contributed by atoms with van der Waals surface area (Å²) in [7, 11) is 0. The van der Waals surface area contributed by atoms with Gasteiger partial charge in [-0.25, -0.2) is 0 Å². The molecule has 0 atom stereocenters. The predicted octanol–water partition coefficient (Wildman–Crippen LogP) is 1.81. The van der Waals surface area contributed by atoms with Crippen LogP contribution in [-0.2, 0) is 4.79 Å². The number of carbonyl (C=O) groups is 1. The van der Waals surface area contributed by atoms with E-state index in [9.17, 15) is 4.79 Å². The van der Waals surface area contributed by atoms with Crippen molar-refractivity contribution in [1.82, 2.24) is 10.2 Å². The first-order valence-corrected chi connectivity index (χ1v) is 6.34. The topological polar surface area (TPSA) is 32.3 Å². The van der Waals surface area contributed by atoms with Crippen LogP contribution in [0, 0.1) is 5.92 Å². The van der Waals surface area contributed by atoms with Crippen molar-refractivity contribution >= 4 is 18.3 Å². The number of nitrogens with one attached hydrogen (secondary N) is 1. The molecule has 1 aliphatic heterocycles. The van der Waals surface area contributed by atoms with Gasteiger partial charge in [0.25, 0.3) is 0 Å². The van der Waals surface area contributed by atoms with Gasteiger partial charge in [0.2, 0.25) is 5.91 Å². The zero-order valence-corrected chi connectivity index (χ0v) is 10.9. The normalized spacial score (nSPS) is 21.3. The molecule has 1 N–H and O–H groups in total. The van der Waals surface area contributed by atoms with Gasteiger partial charge in [-0.05, 0) is 45.2 Å². The summed E-state index contributed by atoms with van der Waals surface area (Å²) in [5, 5.41) is 3.31. The van der Waals surface area contributed by atoms with E-state index >= 15 is 0 Å². The lowest BCUT2D eigenvalue weighted by molar-refractivity contribution is -0.137. The van der Waals surface area contributed by atoms with Crippen LogP contribution in [0.2, 0.25) is 0 Å². The molecule has 2 aliphatic rings. The zero-order valence-electron chi connectivity index (χ0n) is 10.1. The monoisotopic (exact) mass is 246 g/mol. The molecular weight excluding hydrogens is 224 g/mol. The van der Waals surface area contributed by atoms with Gasteiger partial charge in [-0.1, -0.05) is 6.92 Å². The third kappa shape index (κ3) is 3.36. The maximum Gasteiger partial charge on any atom is 0.226 e. The SMILES string of the molecule is CCCN(C(=O)C1CCNCC1)C1CC1.Cl. The fourth-order valence-corrected chi connectivity index (χ4v) is 2.40. The summed E-state index contributed by atoms with van der Waals surface area (Å²) in [6.45, 7) is 5.15. The predicted molar refractivity (Wildman–Crippen MR) is 67.9 cm³/mol. The van der Waals surface area contributed by atoms with Crippen LogP contribution < -0.4 is 5.32 Å². The van der Waals surface area contributed by atoms with Crippen molar-refractivity contribution in [3.63, 3.8) is 0 Å². The van der Waals surface area contributed by atoms with Crippen molar-refractivity contribution in [3.05, 3.63) is 0 Å². The van der Waals surface area contributed by atoms with Crippen molar-refractivity contribution in [1.29, 1.82) is 0 Å². The summed E-state index contributed by atoms with van der Waals surface area (Å²) in [6, 6.07) is 0.590. The van der Waals surface area contributed by atoms with Gasteiger partial charge in [0.1, 0.15) is 0 Å². The van der Waals surface area contributed by atoms with Crippen molar-refractivity contribution < 1.29 is 4.79 Å². The van der Waals surface area contributed by atoms with Crippen molar-refractivity contribution in [2.24, 2.45) is 5.92 Å². The molecule has 0 radical (unpaired) electrons. The molecule has 2 rings (SSSR count). The number of rotatable bonds is 4. The molecular formula is C12H23ClN2O. The fourth-order valence-electron chi connectivity index (χ4n) is 2.40. The second-order valence-electron chi connectivity index (χ2n) is 4.79. The van der Waals surface area contributed by atoms with Gasteiger partial charge in [0, 0.05) is 18.5 Å². The number of piperidine rings is 1.